The molecule has 1 aromatic rings. The number of hydrogen-bond acceptors (Lipinski definition) is 3. The van der Waals surface area contributed by atoms with Gasteiger partial charge in [0.25, 0.3) is 0 Å². The fraction of sp³-hybridized carbons (Fsp3) is 0.417. The molecule has 0 spiro atoms. The molecule has 1 rings (SSSR count). The minimum atomic E-state index is -3.61. The fourth-order valence-corrected chi connectivity index (χ4v) is 3.24. The van der Waals surface area contributed by atoms with E-state index >= 15 is 0 Å². The highest BCUT2D eigenvalue weighted by Gasteiger charge is 2.22. The molecule has 19 heavy (non-hydrogen) atoms. The van der Waals surface area contributed by atoms with E-state index in [1.54, 1.807) is 20.8 Å². The lowest BCUT2D eigenvalue weighted by atomic mass is 10.0. The van der Waals surface area contributed by atoms with E-state index in [4.69, 9.17) is 5.11 Å². The largest absolute Gasteiger partial charge is 0.478 e. The number of rotatable bonds is 4. The lowest BCUT2D eigenvalue weighted by Gasteiger charge is -2.18. The van der Waals surface area contributed by atoms with Gasteiger partial charge in [0, 0.05) is 5.69 Å². The van der Waals surface area contributed by atoms with Gasteiger partial charge in [-0.2, -0.15) is 0 Å². The number of sulfonamides is 1. The van der Waals surface area contributed by atoms with Crippen LogP contribution >= 0.6 is 0 Å². The molecule has 7 heteroatoms. The zero-order valence-electron chi connectivity index (χ0n) is 10.9. The summed E-state index contributed by atoms with van der Waals surface area (Å²) in [7, 11) is -3.61. The summed E-state index contributed by atoms with van der Waals surface area (Å²) in [5.41, 5.74) is -0.986. The minimum Gasteiger partial charge on any atom is -0.478 e. The molecule has 0 atom stereocenters. The van der Waals surface area contributed by atoms with Gasteiger partial charge in [0.2, 0.25) is 10.0 Å². The summed E-state index contributed by atoms with van der Waals surface area (Å²) >= 11 is 0. The molecular formula is C12H16FNO4S. The molecule has 0 aromatic heterocycles. The Balaban J connectivity index is 3.01. The van der Waals surface area contributed by atoms with E-state index in [-0.39, 0.29) is 11.4 Å². The molecule has 0 radical (unpaired) electrons. The van der Waals surface area contributed by atoms with Crippen molar-refractivity contribution in [2.75, 3.05) is 10.5 Å². The average Bonchev–Trinajstić information content (AvgIpc) is 2.16. The van der Waals surface area contributed by atoms with Crippen molar-refractivity contribution >= 4 is 21.7 Å². The third kappa shape index (κ3) is 4.86. The summed E-state index contributed by atoms with van der Waals surface area (Å²) in [4.78, 5) is 10.8. The zero-order valence-corrected chi connectivity index (χ0v) is 11.7. The molecule has 0 aliphatic rings. The molecule has 0 saturated carbocycles. The number of carboxylic acids is 1. The van der Waals surface area contributed by atoms with Gasteiger partial charge in [-0.1, -0.05) is 20.8 Å². The molecule has 0 aliphatic carbocycles. The smallest absolute Gasteiger partial charge is 0.338 e. The van der Waals surface area contributed by atoms with Crippen LogP contribution in [-0.2, 0) is 10.0 Å². The second-order valence-electron chi connectivity index (χ2n) is 5.42. The number of carboxylic acid groups (broad SMARTS) is 1. The number of carbonyl (C=O) groups is 1. The number of hydrogen-bond donors (Lipinski definition) is 2. The second kappa shape index (κ2) is 5.16. The second-order valence-corrected chi connectivity index (χ2v) is 7.14. The molecule has 0 aliphatic heterocycles. The molecule has 1 aromatic carbocycles. The van der Waals surface area contributed by atoms with Crippen LogP contribution in [0.4, 0.5) is 10.1 Å². The van der Waals surface area contributed by atoms with Crippen molar-refractivity contribution in [1.82, 2.24) is 0 Å². The van der Waals surface area contributed by atoms with Gasteiger partial charge in [-0.05, 0) is 23.6 Å². The van der Waals surface area contributed by atoms with Crippen LogP contribution in [-0.4, -0.2) is 25.2 Å². The van der Waals surface area contributed by atoms with Crippen molar-refractivity contribution in [3.05, 3.63) is 29.6 Å². The van der Waals surface area contributed by atoms with Gasteiger partial charge in [0.1, 0.15) is 5.82 Å². The molecule has 0 bridgehead atoms. The Morgan fingerprint density at radius 1 is 1.37 bits per heavy atom. The number of benzene rings is 1. The minimum absolute atomic E-state index is 0.0306. The van der Waals surface area contributed by atoms with Crippen LogP contribution in [0.15, 0.2) is 18.2 Å². The monoisotopic (exact) mass is 289 g/mol. The third-order valence-corrected chi connectivity index (χ3v) is 3.89. The van der Waals surface area contributed by atoms with Gasteiger partial charge < -0.3 is 5.11 Å². The van der Waals surface area contributed by atoms with Crippen molar-refractivity contribution < 1.29 is 22.7 Å². The van der Waals surface area contributed by atoms with E-state index in [1.165, 1.54) is 6.07 Å². The quantitative estimate of drug-likeness (QED) is 0.891. The van der Waals surface area contributed by atoms with E-state index < -0.39 is 32.8 Å². The molecule has 2 N–H and O–H groups in total. The molecule has 0 fully saturated rings. The zero-order chi connectivity index (χ0) is 14.8. The summed E-state index contributed by atoms with van der Waals surface area (Å²) in [6.07, 6.45) is 0. The van der Waals surface area contributed by atoms with E-state index in [0.29, 0.717) is 0 Å². The summed E-state index contributed by atoms with van der Waals surface area (Å²) < 4.78 is 39.1. The van der Waals surface area contributed by atoms with Crippen molar-refractivity contribution in [1.29, 1.82) is 0 Å². The van der Waals surface area contributed by atoms with Gasteiger partial charge in [-0.3, -0.25) is 4.72 Å². The van der Waals surface area contributed by atoms with Crippen molar-refractivity contribution in [3.8, 4) is 0 Å². The first-order valence-electron chi connectivity index (χ1n) is 5.53. The molecule has 0 saturated heterocycles. The highest BCUT2D eigenvalue weighted by molar-refractivity contribution is 7.92. The van der Waals surface area contributed by atoms with Gasteiger partial charge in [-0.25, -0.2) is 17.6 Å². The van der Waals surface area contributed by atoms with Crippen LogP contribution in [0.3, 0.4) is 0 Å². The number of anilines is 1. The van der Waals surface area contributed by atoms with E-state index in [0.717, 1.165) is 12.1 Å². The fourth-order valence-electron chi connectivity index (χ4n) is 1.54. The Morgan fingerprint density at radius 3 is 2.42 bits per heavy atom. The number of halogens is 1. The van der Waals surface area contributed by atoms with Crippen LogP contribution in [0.1, 0.15) is 31.1 Å². The summed E-state index contributed by atoms with van der Waals surface area (Å²) in [5, 5.41) is 8.76. The van der Waals surface area contributed by atoms with E-state index in [2.05, 4.69) is 4.72 Å². The Morgan fingerprint density at radius 2 is 1.95 bits per heavy atom. The predicted octanol–water partition coefficient (Wildman–Crippen LogP) is 2.31. The normalized spacial score (nSPS) is 12.2. The molecule has 0 heterocycles. The van der Waals surface area contributed by atoms with Crippen molar-refractivity contribution in [3.63, 3.8) is 0 Å². The van der Waals surface area contributed by atoms with Gasteiger partial charge in [0.05, 0.1) is 11.3 Å². The van der Waals surface area contributed by atoms with Crippen molar-refractivity contribution in [2.24, 2.45) is 5.41 Å². The third-order valence-electron chi connectivity index (χ3n) is 2.09. The molecular weight excluding hydrogens is 273 g/mol. The van der Waals surface area contributed by atoms with Gasteiger partial charge >= 0.3 is 5.97 Å². The van der Waals surface area contributed by atoms with Crippen LogP contribution in [0.25, 0.3) is 0 Å². The standard InChI is InChI=1S/C12H16FNO4S/c1-12(2,3)7-19(17,18)14-8-4-5-10(13)9(6-8)11(15)16/h4-6,14H,7H2,1-3H3,(H,15,16). The van der Waals surface area contributed by atoms with E-state index in [1.807, 2.05) is 0 Å². The lowest BCUT2D eigenvalue weighted by Crippen LogP contribution is -2.26. The van der Waals surface area contributed by atoms with Crippen LogP contribution in [0.5, 0.6) is 0 Å². The van der Waals surface area contributed by atoms with Gasteiger partial charge in [-0.15, -0.1) is 0 Å². The van der Waals surface area contributed by atoms with E-state index in [9.17, 15) is 17.6 Å². The highest BCUT2D eigenvalue weighted by Crippen LogP contribution is 2.20. The molecule has 5 nitrogen and oxygen atoms in total. The first-order valence-corrected chi connectivity index (χ1v) is 7.19. The molecule has 0 unspecified atom stereocenters. The maximum atomic E-state index is 13.2. The van der Waals surface area contributed by atoms with Crippen LogP contribution < -0.4 is 4.72 Å². The Bertz CT molecular complexity index is 590. The van der Waals surface area contributed by atoms with Crippen LogP contribution in [0, 0.1) is 11.2 Å². The number of aromatic carboxylic acids is 1. The molecule has 0 amide bonds. The average molecular weight is 289 g/mol. The molecule has 106 valence electrons. The Kier molecular flexibility index (Phi) is 4.19. The Hall–Kier alpha value is -1.63. The summed E-state index contributed by atoms with van der Waals surface area (Å²) in [6.45, 7) is 5.29. The highest BCUT2D eigenvalue weighted by atomic mass is 32.2. The first-order chi connectivity index (χ1) is 8.50. The predicted molar refractivity (Wildman–Crippen MR) is 70.2 cm³/mol. The summed E-state index contributed by atoms with van der Waals surface area (Å²) in [6, 6.07) is 3.05. The number of nitrogens with one attached hydrogen (secondary N) is 1. The summed E-state index contributed by atoms with van der Waals surface area (Å²) in [5.74, 6) is -2.49. The van der Waals surface area contributed by atoms with Crippen LogP contribution in [0.2, 0.25) is 0 Å². The Labute approximate surface area is 111 Å². The van der Waals surface area contributed by atoms with Crippen molar-refractivity contribution in [2.45, 2.75) is 20.8 Å². The maximum Gasteiger partial charge on any atom is 0.338 e. The SMILES string of the molecule is CC(C)(C)CS(=O)(=O)Nc1ccc(F)c(C(=O)O)c1. The lowest BCUT2D eigenvalue weighted by molar-refractivity contribution is 0.0692. The first kappa shape index (κ1) is 15.4. The topological polar surface area (TPSA) is 83.5 Å². The van der Waals surface area contributed by atoms with Gasteiger partial charge in [0.15, 0.2) is 0 Å². The maximum absolute atomic E-state index is 13.2.